The molecule has 2 aromatic carbocycles. The number of amides is 3. The molecular formula is C23H21F3N6O3. The number of hydrogen-bond acceptors (Lipinski definition) is 6. The first-order chi connectivity index (χ1) is 16.6. The fraction of sp³-hybridized carbons (Fsp3) is 0.304. The Labute approximate surface area is 197 Å². The van der Waals surface area contributed by atoms with E-state index in [0.29, 0.717) is 5.69 Å². The Morgan fingerprint density at radius 1 is 1.14 bits per heavy atom. The second kappa shape index (κ2) is 8.38. The van der Waals surface area contributed by atoms with E-state index < -0.39 is 42.0 Å². The molecule has 0 saturated carbocycles. The minimum Gasteiger partial charge on any atom is -0.367 e. The fourth-order valence-corrected chi connectivity index (χ4v) is 4.53. The van der Waals surface area contributed by atoms with Gasteiger partial charge in [0.2, 0.25) is 5.91 Å². The highest BCUT2D eigenvalue weighted by atomic mass is 19.4. The summed E-state index contributed by atoms with van der Waals surface area (Å²) in [5, 5.41) is 8.22. The number of nitrogens with one attached hydrogen (secondary N) is 3. The summed E-state index contributed by atoms with van der Waals surface area (Å²) < 4.78 is 41.1. The monoisotopic (exact) mass is 486 g/mol. The summed E-state index contributed by atoms with van der Waals surface area (Å²) in [6.45, 7) is 1.58. The second-order valence-corrected chi connectivity index (χ2v) is 8.61. The van der Waals surface area contributed by atoms with E-state index in [-0.39, 0.29) is 24.2 Å². The first-order valence-corrected chi connectivity index (χ1v) is 11.0. The summed E-state index contributed by atoms with van der Waals surface area (Å²) >= 11 is 0. The lowest BCUT2D eigenvalue weighted by atomic mass is 10.1. The van der Waals surface area contributed by atoms with E-state index in [1.165, 1.54) is 0 Å². The number of carbonyl (C=O) groups excluding carboxylic acids is 3. The third-order valence-electron chi connectivity index (χ3n) is 6.19. The first kappa shape index (κ1) is 22.8. The van der Waals surface area contributed by atoms with Crippen LogP contribution in [-0.4, -0.2) is 45.8 Å². The molecule has 3 heterocycles. The fourth-order valence-electron chi connectivity index (χ4n) is 4.53. The molecule has 9 nitrogen and oxygen atoms in total. The zero-order chi connectivity index (χ0) is 24.9. The Bertz CT molecular complexity index is 1330. The lowest BCUT2D eigenvalue weighted by Gasteiger charge is -2.32. The van der Waals surface area contributed by atoms with Crippen molar-refractivity contribution in [3.05, 3.63) is 54.2 Å². The molecule has 3 amide bonds. The van der Waals surface area contributed by atoms with E-state index in [2.05, 4.69) is 21.3 Å². The van der Waals surface area contributed by atoms with Crippen molar-refractivity contribution in [2.24, 2.45) is 0 Å². The third-order valence-corrected chi connectivity index (χ3v) is 6.19. The van der Waals surface area contributed by atoms with Crippen molar-refractivity contribution in [2.45, 2.75) is 44.1 Å². The van der Waals surface area contributed by atoms with Gasteiger partial charge in [0.05, 0.1) is 18.3 Å². The molecule has 0 radical (unpaired) electrons. The number of hydrazine groups is 1. The van der Waals surface area contributed by atoms with Crippen LogP contribution in [0.3, 0.4) is 0 Å². The Balaban J connectivity index is 1.32. The summed E-state index contributed by atoms with van der Waals surface area (Å²) in [4.78, 5) is 39.5. The number of carbonyl (C=O) groups is 3. The van der Waals surface area contributed by atoms with E-state index >= 15 is 0 Å². The van der Waals surface area contributed by atoms with Crippen LogP contribution in [0.1, 0.15) is 36.2 Å². The molecule has 3 N–H and O–H groups in total. The van der Waals surface area contributed by atoms with Gasteiger partial charge in [-0.3, -0.25) is 19.8 Å². The van der Waals surface area contributed by atoms with Crippen LogP contribution in [0.4, 0.5) is 24.7 Å². The van der Waals surface area contributed by atoms with Crippen LogP contribution in [-0.2, 0) is 9.59 Å². The van der Waals surface area contributed by atoms with Gasteiger partial charge in [0.1, 0.15) is 17.4 Å². The number of benzene rings is 2. The smallest absolute Gasteiger partial charge is 0.367 e. The van der Waals surface area contributed by atoms with E-state index in [9.17, 15) is 27.6 Å². The molecule has 2 aliphatic rings. The highest BCUT2D eigenvalue weighted by Gasteiger charge is 2.46. The summed E-state index contributed by atoms with van der Waals surface area (Å²) in [6, 6.07) is 9.17. The molecule has 12 heteroatoms. The zero-order valence-corrected chi connectivity index (χ0v) is 18.5. The molecule has 182 valence electrons. The number of anilines is 2. The first-order valence-electron chi connectivity index (χ1n) is 11.0. The van der Waals surface area contributed by atoms with Crippen LogP contribution < -0.4 is 21.1 Å². The standard InChI is InChI=1S/C23H21F3N6O3/c1-12-9-18(23(24,25)26)32-20(28-12)15(11-27-32)21(34)30-29-16-10-19(33)31(22(16)35)17-8-4-6-13-5-2-3-7-14(13)17/h2-8,11-12,16,18,28-29H,9-10H2,1H3,(H,30,34). The molecule has 0 bridgehead atoms. The average molecular weight is 486 g/mol. The Hall–Kier alpha value is -3.93. The Morgan fingerprint density at radius 2 is 1.89 bits per heavy atom. The van der Waals surface area contributed by atoms with Gasteiger partial charge in [0.15, 0.2) is 6.04 Å². The highest BCUT2D eigenvalue weighted by molar-refractivity contribution is 6.25. The predicted molar refractivity (Wildman–Crippen MR) is 120 cm³/mol. The number of aromatic nitrogens is 2. The van der Waals surface area contributed by atoms with Gasteiger partial charge in [-0.1, -0.05) is 36.4 Å². The highest BCUT2D eigenvalue weighted by Crippen LogP contribution is 2.40. The Kier molecular flexibility index (Phi) is 5.47. The molecule has 5 rings (SSSR count). The zero-order valence-electron chi connectivity index (χ0n) is 18.5. The van der Waals surface area contributed by atoms with Crippen molar-refractivity contribution >= 4 is 40.0 Å². The van der Waals surface area contributed by atoms with Crippen molar-refractivity contribution in [3.8, 4) is 0 Å². The maximum atomic E-state index is 13.4. The van der Waals surface area contributed by atoms with Crippen LogP contribution in [0.2, 0.25) is 0 Å². The molecule has 1 fully saturated rings. The van der Waals surface area contributed by atoms with Crippen LogP contribution in [0, 0.1) is 0 Å². The summed E-state index contributed by atoms with van der Waals surface area (Å²) in [5.74, 6) is -1.83. The lowest BCUT2D eigenvalue weighted by Crippen LogP contribution is -2.48. The SMILES string of the molecule is CC1CC(C(F)(F)F)n2ncc(C(=O)NNC3CC(=O)N(c4cccc5ccccc45)C3=O)c2N1. The molecule has 3 atom stereocenters. The maximum Gasteiger partial charge on any atom is 0.410 e. The van der Waals surface area contributed by atoms with Crippen LogP contribution in [0.5, 0.6) is 0 Å². The second-order valence-electron chi connectivity index (χ2n) is 8.61. The Morgan fingerprint density at radius 3 is 2.66 bits per heavy atom. The van der Waals surface area contributed by atoms with E-state index in [1.54, 1.807) is 31.2 Å². The van der Waals surface area contributed by atoms with E-state index in [4.69, 9.17) is 0 Å². The van der Waals surface area contributed by atoms with Crippen molar-refractivity contribution in [3.63, 3.8) is 0 Å². The van der Waals surface area contributed by atoms with Gasteiger partial charge >= 0.3 is 6.18 Å². The van der Waals surface area contributed by atoms with Gasteiger partial charge in [0.25, 0.3) is 11.8 Å². The number of nitrogens with zero attached hydrogens (tertiary/aromatic N) is 3. The summed E-state index contributed by atoms with van der Waals surface area (Å²) in [5.41, 5.74) is 5.23. The largest absolute Gasteiger partial charge is 0.410 e. The normalized spacial score (nSPS) is 22.3. The molecular weight excluding hydrogens is 465 g/mol. The van der Waals surface area contributed by atoms with Gasteiger partial charge in [-0.15, -0.1) is 0 Å². The predicted octanol–water partition coefficient (Wildman–Crippen LogP) is 2.91. The van der Waals surface area contributed by atoms with Crippen molar-refractivity contribution in [1.29, 1.82) is 0 Å². The number of fused-ring (bicyclic) bond motifs is 2. The molecule has 0 spiro atoms. The summed E-state index contributed by atoms with van der Waals surface area (Å²) in [6.07, 6.45) is -3.90. The lowest BCUT2D eigenvalue weighted by molar-refractivity contribution is -0.173. The number of alkyl halides is 3. The molecule has 3 unspecified atom stereocenters. The van der Waals surface area contributed by atoms with Crippen LogP contribution in [0.25, 0.3) is 10.8 Å². The van der Waals surface area contributed by atoms with Gasteiger partial charge in [0, 0.05) is 11.4 Å². The number of imide groups is 1. The average Bonchev–Trinajstić information content (AvgIpc) is 3.36. The minimum absolute atomic E-state index is 0.0587. The number of halogens is 3. The number of rotatable bonds is 4. The van der Waals surface area contributed by atoms with E-state index in [1.807, 2.05) is 18.2 Å². The molecule has 2 aliphatic heterocycles. The van der Waals surface area contributed by atoms with Gasteiger partial charge in [-0.25, -0.2) is 15.0 Å². The molecule has 3 aromatic rings. The molecule has 35 heavy (non-hydrogen) atoms. The van der Waals surface area contributed by atoms with Crippen molar-refractivity contribution in [1.82, 2.24) is 20.6 Å². The van der Waals surface area contributed by atoms with Crippen LogP contribution in [0.15, 0.2) is 48.7 Å². The maximum absolute atomic E-state index is 13.4. The molecule has 0 aliphatic carbocycles. The molecule has 1 aromatic heterocycles. The topological polar surface area (TPSA) is 108 Å². The van der Waals surface area contributed by atoms with Crippen molar-refractivity contribution < 1.29 is 27.6 Å². The van der Waals surface area contributed by atoms with Crippen LogP contribution >= 0.6 is 0 Å². The quantitative estimate of drug-likeness (QED) is 0.387. The third kappa shape index (κ3) is 3.99. The summed E-state index contributed by atoms with van der Waals surface area (Å²) in [7, 11) is 0. The molecule has 1 saturated heterocycles. The van der Waals surface area contributed by atoms with Crippen molar-refractivity contribution in [2.75, 3.05) is 10.2 Å². The van der Waals surface area contributed by atoms with Gasteiger partial charge in [-0.05, 0) is 24.8 Å². The van der Waals surface area contributed by atoms with Gasteiger partial charge < -0.3 is 5.32 Å². The van der Waals surface area contributed by atoms with E-state index in [0.717, 1.165) is 26.6 Å². The van der Waals surface area contributed by atoms with Gasteiger partial charge in [-0.2, -0.15) is 18.3 Å². The number of hydrogen-bond donors (Lipinski definition) is 3. The minimum atomic E-state index is -4.52.